The molecule has 1 fully saturated rings. The van der Waals surface area contributed by atoms with E-state index in [9.17, 15) is 4.79 Å². The van der Waals surface area contributed by atoms with Gasteiger partial charge >= 0.3 is 0 Å². The van der Waals surface area contributed by atoms with E-state index in [0.717, 1.165) is 36.3 Å². The van der Waals surface area contributed by atoms with E-state index in [4.69, 9.17) is 9.47 Å². The summed E-state index contributed by atoms with van der Waals surface area (Å²) in [6, 6.07) is 6.41. The summed E-state index contributed by atoms with van der Waals surface area (Å²) < 4.78 is 11.2. The molecule has 2 rings (SSSR count). The first-order valence-electron chi connectivity index (χ1n) is 8.79. The maximum Gasteiger partial charge on any atom is 0.222 e. The van der Waals surface area contributed by atoms with E-state index in [0.29, 0.717) is 25.7 Å². The molecule has 1 aliphatic rings. The van der Waals surface area contributed by atoms with Gasteiger partial charge in [-0.25, -0.2) is 0 Å². The Morgan fingerprint density at radius 1 is 1.13 bits per heavy atom. The third-order valence-electron chi connectivity index (χ3n) is 4.50. The molecule has 1 aromatic carbocycles. The molecule has 4 heteroatoms. The summed E-state index contributed by atoms with van der Waals surface area (Å²) >= 11 is 0. The van der Waals surface area contributed by atoms with E-state index >= 15 is 0 Å². The summed E-state index contributed by atoms with van der Waals surface area (Å²) in [7, 11) is 1.95. The molecule has 1 aromatic rings. The Morgan fingerprint density at radius 3 is 2.43 bits per heavy atom. The van der Waals surface area contributed by atoms with Crippen molar-refractivity contribution >= 4 is 5.91 Å². The number of nitrogens with zero attached hydrogens (tertiary/aromatic N) is 1. The number of aryl methyl sites for hydroxylation is 1. The Morgan fingerprint density at radius 2 is 1.78 bits per heavy atom. The van der Waals surface area contributed by atoms with Gasteiger partial charge in [-0.05, 0) is 50.8 Å². The quantitative estimate of drug-likeness (QED) is 0.731. The molecule has 1 aliphatic carbocycles. The maximum atomic E-state index is 12.4. The molecular formula is C19H29NO3. The van der Waals surface area contributed by atoms with E-state index in [-0.39, 0.29) is 5.91 Å². The highest BCUT2D eigenvalue weighted by molar-refractivity contribution is 5.76. The predicted molar refractivity (Wildman–Crippen MR) is 92.1 cm³/mol. The smallest absolute Gasteiger partial charge is 0.222 e. The van der Waals surface area contributed by atoms with E-state index < -0.39 is 0 Å². The highest BCUT2D eigenvalue weighted by Crippen LogP contribution is 2.29. The van der Waals surface area contributed by atoms with Crippen molar-refractivity contribution in [2.75, 3.05) is 20.3 Å². The molecule has 0 saturated heterocycles. The Bertz CT molecular complexity index is 509. The van der Waals surface area contributed by atoms with Gasteiger partial charge in [-0.15, -0.1) is 0 Å². The second-order valence-electron chi connectivity index (χ2n) is 6.09. The van der Waals surface area contributed by atoms with Crippen molar-refractivity contribution in [3.05, 3.63) is 23.8 Å². The van der Waals surface area contributed by atoms with Gasteiger partial charge < -0.3 is 14.4 Å². The van der Waals surface area contributed by atoms with Gasteiger partial charge in [-0.3, -0.25) is 4.79 Å². The lowest BCUT2D eigenvalue weighted by Gasteiger charge is -2.24. The number of carbonyl (C=O) groups excluding carboxylic acids is 1. The van der Waals surface area contributed by atoms with Gasteiger partial charge in [-0.2, -0.15) is 0 Å². The average molecular weight is 319 g/mol. The molecule has 128 valence electrons. The van der Waals surface area contributed by atoms with Crippen LogP contribution >= 0.6 is 0 Å². The molecule has 0 spiro atoms. The van der Waals surface area contributed by atoms with E-state index in [2.05, 4.69) is 0 Å². The summed E-state index contributed by atoms with van der Waals surface area (Å²) in [6.07, 6.45) is 6.09. The zero-order chi connectivity index (χ0) is 16.7. The molecule has 0 heterocycles. The Labute approximate surface area is 139 Å². The second kappa shape index (κ2) is 8.80. The zero-order valence-electron chi connectivity index (χ0n) is 14.6. The summed E-state index contributed by atoms with van der Waals surface area (Å²) in [5, 5.41) is 0. The van der Waals surface area contributed by atoms with Crippen LogP contribution in [-0.4, -0.2) is 37.1 Å². The monoisotopic (exact) mass is 319 g/mol. The summed E-state index contributed by atoms with van der Waals surface area (Å²) in [4.78, 5) is 14.3. The first kappa shape index (κ1) is 17.6. The SMILES string of the molecule is CCOc1ccc(CCC(=O)N(C)C2CCCC2)cc1OCC. The average Bonchev–Trinajstić information content (AvgIpc) is 3.09. The summed E-state index contributed by atoms with van der Waals surface area (Å²) in [5.74, 6) is 1.78. The molecule has 23 heavy (non-hydrogen) atoms. The number of benzene rings is 1. The fraction of sp³-hybridized carbons (Fsp3) is 0.632. The van der Waals surface area contributed by atoms with Crippen molar-refractivity contribution in [1.29, 1.82) is 0 Å². The molecule has 0 bridgehead atoms. The lowest BCUT2D eigenvalue weighted by Crippen LogP contribution is -2.35. The highest BCUT2D eigenvalue weighted by Gasteiger charge is 2.23. The number of ether oxygens (including phenoxy) is 2. The first-order valence-corrected chi connectivity index (χ1v) is 8.79. The Hall–Kier alpha value is -1.71. The lowest BCUT2D eigenvalue weighted by atomic mass is 10.1. The van der Waals surface area contributed by atoms with Crippen molar-refractivity contribution in [2.24, 2.45) is 0 Å². The lowest BCUT2D eigenvalue weighted by molar-refractivity contribution is -0.131. The van der Waals surface area contributed by atoms with Crippen LogP contribution in [0.25, 0.3) is 0 Å². The van der Waals surface area contributed by atoms with Crippen LogP contribution in [0, 0.1) is 0 Å². The fourth-order valence-electron chi connectivity index (χ4n) is 3.17. The number of rotatable bonds is 8. The van der Waals surface area contributed by atoms with Crippen molar-refractivity contribution in [2.45, 2.75) is 58.4 Å². The molecule has 0 aliphatic heterocycles. The number of hydrogen-bond acceptors (Lipinski definition) is 3. The molecule has 0 aromatic heterocycles. The van der Waals surface area contributed by atoms with Gasteiger partial charge in [0, 0.05) is 19.5 Å². The van der Waals surface area contributed by atoms with Gasteiger partial charge in [0.15, 0.2) is 11.5 Å². The molecular weight excluding hydrogens is 290 g/mol. The van der Waals surface area contributed by atoms with E-state index in [1.54, 1.807) is 0 Å². The van der Waals surface area contributed by atoms with Crippen molar-refractivity contribution in [1.82, 2.24) is 4.90 Å². The number of carbonyl (C=O) groups is 1. The first-order chi connectivity index (χ1) is 11.2. The third-order valence-corrected chi connectivity index (χ3v) is 4.50. The normalized spacial score (nSPS) is 14.7. The predicted octanol–water partition coefficient (Wildman–Crippen LogP) is 3.82. The molecule has 0 unspecified atom stereocenters. The largest absolute Gasteiger partial charge is 0.490 e. The topological polar surface area (TPSA) is 38.8 Å². The highest BCUT2D eigenvalue weighted by atomic mass is 16.5. The summed E-state index contributed by atoms with van der Waals surface area (Å²) in [5.41, 5.74) is 1.12. The Balaban J connectivity index is 1.93. The fourth-order valence-corrected chi connectivity index (χ4v) is 3.17. The van der Waals surface area contributed by atoms with Crippen LogP contribution in [0.2, 0.25) is 0 Å². The van der Waals surface area contributed by atoms with Crippen LogP contribution in [0.1, 0.15) is 51.5 Å². The Kier molecular flexibility index (Phi) is 6.75. The number of amides is 1. The van der Waals surface area contributed by atoms with Crippen LogP contribution in [0.3, 0.4) is 0 Å². The molecule has 4 nitrogen and oxygen atoms in total. The minimum atomic E-state index is 0.240. The molecule has 1 saturated carbocycles. The van der Waals surface area contributed by atoms with Crippen molar-refractivity contribution < 1.29 is 14.3 Å². The second-order valence-corrected chi connectivity index (χ2v) is 6.09. The van der Waals surface area contributed by atoms with Gasteiger partial charge in [-0.1, -0.05) is 18.9 Å². The van der Waals surface area contributed by atoms with Crippen LogP contribution in [-0.2, 0) is 11.2 Å². The molecule has 0 N–H and O–H groups in total. The van der Waals surface area contributed by atoms with Crippen molar-refractivity contribution in [3.63, 3.8) is 0 Å². The van der Waals surface area contributed by atoms with E-state index in [1.165, 1.54) is 12.8 Å². The maximum absolute atomic E-state index is 12.4. The van der Waals surface area contributed by atoms with Gasteiger partial charge in [0.1, 0.15) is 0 Å². The molecule has 0 radical (unpaired) electrons. The van der Waals surface area contributed by atoms with E-state index in [1.807, 2.05) is 44.0 Å². The standard InChI is InChI=1S/C19H29NO3/c1-4-22-17-12-10-15(14-18(17)23-5-2)11-13-19(21)20(3)16-8-6-7-9-16/h10,12,14,16H,4-9,11,13H2,1-3H3. The third kappa shape index (κ3) is 4.88. The van der Waals surface area contributed by atoms with Crippen molar-refractivity contribution in [3.8, 4) is 11.5 Å². The van der Waals surface area contributed by atoms with Gasteiger partial charge in [0.25, 0.3) is 0 Å². The van der Waals surface area contributed by atoms with Gasteiger partial charge in [0.05, 0.1) is 13.2 Å². The van der Waals surface area contributed by atoms with Crippen LogP contribution in [0.5, 0.6) is 11.5 Å². The zero-order valence-corrected chi connectivity index (χ0v) is 14.6. The number of hydrogen-bond donors (Lipinski definition) is 0. The molecule has 1 amide bonds. The van der Waals surface area contributed by atoms with Crippen LogP contribution in [0.15, 0.2) is 18.2 Å². The minimum Gasteiger partial charge on any atom is -0.490 e. The van der Waals surface area contributed by atoms with Crippen LogP contribution < -0.4 is 9.47 Å². The van der Waals surface area contributed by atoms with Gasteiger partial charge in [0.2, 0.25) is 5.91 Å². The molecule has 0 atom stereocenters. The summed E-state index contributed by atoms with van der Waals surface area (Å²) in [6.45, 7) is 5.14. The minimum absolute atomic E-state index is 0.240. The van der Waals surface area contributed by atoms with Crippen LogP contribution in [0.4, 0.5) is 0 Å².